The molecule has 0 spiro atoms. The fourth-order valence-corrected chi connectivity index (χ4v) is 2.70. The van der Waals surface area contributed by atoms with Crippen molar-refractivity contribution in [2.75, 3.05) is 11.4 Å². The lowest BCUT2D eigenvalue weighted by atomic mass is 10.1. The van der Waals surface area contributed by atoms with Crippen molar-refractivity contribution in [1.82, 2.24) is 0 Å². The van der Waals surface area contributed by atoms with E-state index in [1.165, 1.54) is 16.8 Å². The van der Waals surface area contributed by atoms with E-state index in [1.54, 1.807) is 12.1 Å². The lowest BCUT2D eigenvalue weighted by Gasteiger charge is -2.27. The van der Waals surface area contributed by atoms with Crippen molar-refractivity contribution in [1.29, 1.82) is 0 Å². The van der Waals surface area contributed by atoms with Crippen LogP contribution >= 0.6 is 0 Å². The van der Waals surface area contributed by atoms with Crippen LogP contribution in [-0.2, 0) is 6.42 Å². The molecule has 1 N–H and O–H groups in total. The molecule has 0 bridgehead atoms. The Morgan fingerprint density at radius 1 is 1.06 bits per heavy atom. The normalized spacial score (nSPS) is 15.5. The fourth-order valence-electron chi connectivity index (χ4n) is 2.70. The highest BCUT2D eigenvalue weighted by Gasteiger charge is 2.23. The molecule has 2 aromatic rings. The van der Waals surface area contributed by atoms with Crippen molar-refractivity contribution in [2.24, 2.45) is 0 Å². The zero-order valence-corrected chi connectivity index (χ0v) is 10.5. The van der Waals surface area contributed by atoms with Crippen LogP contribution in [0.4, 0.5) is 5.69 Å². The summed E-state index contributed by atoms with van der Waals surface area (Å²) in [6.07, 6.45) is 1.12. The van der Waals surface area contributed by atoms with Gasteiger partial charge in [-0.05, 0) is 42.7 Å². The van der Waals surface area contributed by atoms with Gasteiger partial charge < -0.3 is 10.0 Å². The molecule has 2 heteroatoms. The molecule has 1 aliphatic rings. The molecule has 92 valence electrons. The average Bonchev–Trinajstić information content (AvgIpc) is 2.82. The second-order valence-corrected chi connectivity index (χ2v) is 4.84. The second-order valence-electron chi connectivity index (χ2n) is 4.84. The van der Waals surface area contributed by atoms with E-state index in [2.05, 4.69) is 36.1 Å². The summed E-state index contributed by atoms with van der Waals surface area (Å²) in [5, 5.41) is 9.35. The summed E-state index contributed by atoms with van der Waals surface area (Å²) >= 11 is 0. The largest absolute Gasteiger partial charge is 0.508 e. The summed E-state index contributed by atoms with van der Waals surface area (Å²) in [6.45, 7) is 3.29. The van der Waals surface area contributed by atoms with Gasteiger partial charge in [0, 0.05) is 12.2 Å². The van der Waals surface area contributed by atoms with Crippen molar-refractivity contribution < 1.29 is 5.11 Å². The van der Waals surface area contributed by atoms with Gasteiger partial charge in [0.2, 0.25) is 0 Å². The Morgan fingerprint density at radius 2 is 1.78 bits per heavy atom. The highest BCUT2D eigenvalue weighted by atomic mass is 16.3. The molecular weight excluding hydrogens is 222 g/mol. The van der Waals surface area contributed by atoms with E-state index in [1.807, 2.05) is 12.1 Å². The Balaban J connectivity index is 1.90. The number of benzene rings is 2. The predicted molar refractivity (Wildman–Crippen MR) is 74.0 cm³/mol. The number of nitrogens with zero attached hydrogens (tertiary/aromatic N) is 1. The van der Waals surface area contributed by atoms with Gasteiger partial charge in [0.05, 0.1) is 6.04 Å². The minimum atomic E-state index is 0.327. The van der Waals surface area contributed by atoms with Gasteiger partial charge in [0.1, 0.15) is 5.75 Å². The number of phenolic OH excluding ortho intramolecular Hbond substituents is 1. The molecule has 1 heterocycles. The van der Waals surface area contributed by atoms with Gasteiger partial charge in [0.15, 0.2) is 0 Å². The third kappa shape index (κ3) is 1.84. The number of rotatable bonds is 2. The monoisotopic (exact) mass is 239 g/mol. The first-order chi connectivity index (χ1) is 8.75. The average molecular weight is 239 g/mol. The molecule has 3 rings (SSSR count). The summed E-state index contributed by atoms with van der Waals surface area (Å²) < 4.78 is 0. The lowest BCUT2D eigenvalue weighted by Crippen LogP contribution is -2.24. The molecule has 0 radical (unpaired) electrons. The lowest BCUT2D eigenvalue weighted by molar-refractivity contribution is 0.475. The van der Waals surface area contributed by atoms with Crippen LogP contribution < -0.4 is 4.90 Å². The Kier molecular flexibility index (Phi) is 2.71. The van der Waals surface area contributed by atoms with Crippen LogP contribution in [0, 0.1) is 0 Å². The standard InChI is InChI=1S/C16H17NO/c1-12(13-6-8-15(18)9-7-13)17-11-10-14-4-2-3-5-16(14)17/h2-9,12,18H,10-11H2,1H3. The quantitative estimate of drug-likeness (QED) is 0.866. The number of hydrogen-bond acceptors (Lipinski definition) is 2. The Morgan fingerprint density at radius 3 is 2.56 bits per heavy atom. The highest BCUT2D eigenvalue weighted by molar-refractivity contribution is 5.59. The number of phenols is 1. The minimum Gasteiger partial charge on any atom is -0.508 e. The van der Waals surface area contributed by atoms with Crippen LogP contribution in [0.5, 0.6) is 5.75 Å². The molecule has 0 amide bonds. The van der Waals surface area contributed by atoms with E-state index in [4.69, 9.17) is 0 Å². The van der Waals surface area contributed by atoms with E-state index in [9.17, 15) is 5.11 Å². The molecule has 0 aliphatic carbocycles. The third-order valence-corrected chi connectivity index (χ3v) is 3.77. The van der Waals surface area contributed by atoms with Crippen molar-refractivity contribution in [3.8, 4) is 5.75 Å². The predicted octanol–water partition coefficient (Wildman–Crippen LogP) is 3.52. The maximum Gasteiger partial charge on any atom is 0.115 e. The molecule has 0 fully saturated rings. The van der Waals surface area contributed by atoms with E-state index in [-0.39, 0.29) is 0 Å². The van der Waals surface area contributed by atoms with Gasteiger partial charge in [0.25, 0.3) is 0 Å². The first kappa shape index (κ1) is 11.1. The number of aromatic hydroxyl groups is 1. The van der Waals surface area contributed by atoms with Crippen LogP contribution in [0.2, 0.25) is 0 Å². The van der Waals surface area contributed by atoms with E-state index in [0.29, 0.717) is 11.8 Å². The van der Waals surface area contributed by atoms with E-state index >= 15 is 0 Å². The van der Waals surface area contributed by atoms with Crippen molar-refractivity contribution in [3.63, 3.8) is 0 Å². The highest BCUT2D eigenvalue weighted by Crippen LogP contribution is 2.34. The number of fused-ring (bicyclic) bond motifs is 1. The summed E-state index contributed by atoms with van der Waals surface area (Å²) in [7, 11) is 0. The summed E-state index contributed by atoms with van der Waals surface area (Å²) in [5.41, 5.74) is 4.02. The minimum absolute atomic E-state index is 0.327. The Bertz CT molecular complexity index is 547. The zero-order valence-electron chi connectivity index (χ0n) is 10.5. The molecule has 0 saturated carbocycles. The molecular formula is C16H17NO. The first-order valence-electron chi connectivity index (χ1n) is 6.39. The van der Waals surface area contributed by atoms with E-state index in [0.717, 1.165) is 13.0 Å². The maximum atomic E-state index is 9.35. The van der Waals surface area contributed by atoms with Crippen LogP contribution in [0.1, 0.15) is 24.1 Å². The molecule has 0 aromatic heterocycles. The van der Waals surface area contributed by atoms with Gasteiger partial charge in [-0.2, -0.15) is 0 Å². The van der Waals surface area contributed by atoms with Gasteiger partial charge in [-0.25, -0.2) is 0 Å². The summed E-state index contributed by atoms with van der Waals surface area (Å²) in [5.74, 6) is 0.327. The van der Waals surface area contributed by atoms with Gasteiger partial charge >= 0.3 is 0 Å². The maximum absolute atomic E-state index is 9.35. The first-order valence-corrected chi connectivity index (χ1v) is 6.39. The van der Waals surface area contributed by atoms with Crippen molar-refractivity contribution in [2.45, 2.75) is 19.4 Å². The zero-order chi connectivity index (χ0) is 12.5. The van der Waals surface area contributed by atoms with Gasteiger partial charge in [-0.15, -0.1) is 0 Å². The van der Waals surface area contributed by atoms with Gasteiger partial charge in [-0.1, -0.05) is 30.3 Å². The summed E-state index contributed by atoms with van der Waals surface area (Å²) in [6, 6.07) is 16.5. The second kappa shape index (κ2) is 4.37. The third-order valence-electron chi connectivity index (χ3n) is 3.77. The molecule has 18 heavy (non-hydrogen) atoms. The van der Waals surface area contributed by atoms with Crippen molar-refractivity contribution >= 4 is 5.69 Å². The molecule has 1 atom stereocenters. The Hall–Kier alpha value is -1.96. The number of anilines is 1. The molecule has 0 saturated heterocycles. The molecule has 1 unspecified atom stereocenters. The molecule has 2 nitrogen and oxygen atoms in total. The van der Waals surface area contributed by atoms with Crippen molar-refractivity contribution in [3.05, 3.63) is 59.7 Å². The molecule has 2 aromatic carbocycles. The van der Waals surface area contributed by atoms with Crippen LogP contribution in [0.15, 0.2) is 48.5 Å². The van der Waals surface area contributed by atoms with Crippen LogP contribution in [0.3, 0.4) is 0 Å². The Labute approximate surface area is 107 Å². The van der Waals surface area contributed by atoms with Gasteiger partial charge in [-0.3, -0.25) is 0 Å². The number of para-hydroxylation sites is 1. The summed E-state index contributed by atoms with van der Waals surface area (Å²) in [4.78, 5) is 2.43. The number of hydrogen-bond donors (Lipinski definition) is 1. The van der Waals surface area contributed by atoms with E-state index < -0.39 is 0 Å². The SMILES string of the molecule is CC(c1ccc(O)cc1)N1CCc2ccccc21. The molecule has 1 aliphatic heterocycles. The topological polar surface area (TPSA) is 23.5 Å². The van der Waals surface area contributed by atoms with Crippen LogP contribution in [-0.4, -0.2) is 11.7 Å². The fraction of sp³-hybridized carbons (Fsp3) is 0.250. The van der Waals surface area contributed by atoms with Crippen LogP contribution in [0.25, 0.3) is 0 Å². The smallest absolute Gasteiger partial charge is 0.115 e.